The maximum Gasteiger partial charge on any atom is 0.102 e. The van der Waals surface area contributed by atoms with Crippen LogP contribution in [0.1, 0.15) is 32.1 Å². The highest BCUT2D eigenvalue weighted by molar-refractivity contribution is 4.88. The normalized spacial score (nSPS) is 42.0. The molecule has 0 radical (unpaired) electrons. The van der Waals surface area contributed by atoms with Gasteiger partial charge in [-0.25, -0.2) is 0 Å². The summed E-state index contributed by atoms with van der Waals surface area (Å²) in [6.07, 6.45) is 5.32. The van der Waals surface area contributed by atoms with E-state index in [1.54, 1.807) is 0 Å². The van der Waals surface area contributed by atoms with Gasteiger partial charge in [-0.05, 0) is 19.3 Å². The molecule has 15 heavy (non-hydrogen) atoms. The predicted molar refractivity (Wildman–Crippen MR) is 58.6 cm³/mol. The number of aliphatic hydroxyl groups is 1. The summed E-state index contributed by atoms with van der Waals surface area (Å²) in [5.41, 5.74) is 5.28. The lowest BCUT2D eigenvalue weighted by Gasteiger charge is -2.30. The van der Waals surface area contributed by atoms with Gasteiger partial charge in [0.15, 0.2) is 0 Å². The van der Waals surface area contributed by atoms with E-state index in [1.807, 2.05) is 0 Å². The minimum atomic E-state index is -0.637. The molecule has 1 saturated carbocycles. The van der Waals surface area contributed by atoms with Crippen molar-refractivity contribution in [1.82, 2.24) is 5.32 Å². The molecule has 2 rings (SSSR count). The van der Waals surface area contributed by atoms with Crippen LogP contribution in [0, 0.1) is 0 Å². The van der Waals surface area contributed by atoms with Crippen LogP contribution < -0.4 is 11.1 Å². The molecule has 1 saturated heterocycles. The van der Waals surface area contributed by atoms with E-state index >= 15 is 0 Å². The maximum absolute atomic E-state index is 10.1. The molecular formula is C11H22N2O2. The minimum absolute atomic E-state index is 0.339. The van der Waals surface area contributed by atoms with E-state index in [0.29, 0.717) is 31.8 Å². The third-order valence-electron chi connectivity index (χ3n) is 3.52. The van der Waals surface area contributed by atoms with Crippen molar-refractivity contribution >= 4 is 0 Å². The smallest absolute Gasteiger partial charge is 0.102 e. The van der Waals surface area contributed by atoms with Gasteiger partial charge in [-0.1, -0.05) is 6.42 Å². The van der Waals surface area contributed by atoms with E-state index in [2.05, 4.69) is 5.32 Å². The fourth-order valence-electron chi connectivity index (χ4n) is 2.48. The number of ether oxygens (including phenoxy) is 1. The number of nitrogens with two attached hydrogens (primary N) is 1. The molecular weight excluding hydrogens is 192 g/mol. The van der Waals surface area contributed by atoms with E-state index in [9.17, 15) is 5.11 Å². The molecule has 4 N–H and O–H groups in total. The average Bonchev–Trinajstić information content (AvgIpc) is 2.63. The van der Waals surface area contributed by atoms with Gasteiger partial charge in [-0.2, -0.15) is 0 Å². The Labute approximate surface area is 91.2 Å². The second kappa shape index (κ2) is 4.78. The second-order valence-corrected chi connectivity index (χ2v) is 5.03. The van der Waals surface area contributed by atoms with Crippen molar-refractivity contribution in [2.45, 2.75) is 49.8 Å². The van der Waals surface area contributed by atoms with Crippen LogP contribution in [0.4, 0.5) is 0 Å². The molecule has 0 aromatic rings. The van der Waals surface area contributed by atoms with Crippen LogP contribution in [0.3, 0.4) is 0 Å². The van der Waals surface area contributed by atoms with Crippen LogP contribution in [0.25, 0.3) is 0 Å². The molecule has 2 aliphatic rings. The molecule has 1 aliphatic heterocycles. The molecule has 0 aromatic heterocycles. The molecule has 0 amide bonds. The van der Waals surface area contributed by atoms with Gasteiger partial charge < -0.3 is 20.9 Å². The molecule has 4 heteroatoms. The van der Waals surface area contributed by atoms with Gasteiger partial charge in [0, 0.05) is 31.7 Å². The molecule has 88 valence electrons. The summed E-state index contributed by atoms with van der Waals surface area (Å²) < 4.78 is 5.21. The first-order valence-electron chi connectivity index (χ1n) is 5.97. The summed E-state index contributed by atoms with van der Waals surface area (Å²) in [5.74, 6) is 0. The second-order valence-electron chi connectivity index (χ2n) is 5.03. The number of hydrogen-bond acceptors (Lipinski definition) is 4. The van der Waals surface area contributed by atoms with E-state index in [-0.39, 0.29) is 0 Å². The quantitative estimate of drug-likeness (QED) is 0.618. The largest absolute Gasteiger partial charge is 0.386 e. The number of rotatable bonds is 3. The Morgan fingerprint density at radius 3 is 3.00 bits per heavy atom. The predicted octanol–water partition coefficient (Wildman–Crippen LogP) is -0.00270. The van der Waals surface area contributed by atoms with Gasteiger partial charge in [0.25, 0.3) is 0 Å². The molecule has 4 nitrogen and oxygen atoms in total. The van der Waals surface area contributed by atoms with E-state index < -0.39 is 5.60 Å². The highest BCUT2D eigenvalue weighted by atomic mass is 16.5. The minimum Gasteiger partial charge on any atom is -0.386 e. The molecule has 0 bridgehead atoms. The fourth-order valence-corrected chi connectivity index (χ4v) is 2.48. The van der Waals surface area contributed by atoms with Crippen LogP contribution in [0.5, 0.6) is 0 Å². The van der Waals surface area contributed by atoms with Crippen molar-refractivity contribution in [3.63, 3.8) is 0 Å². The van der Waals surface area contributed by atoms with Crippen molar-refractivity contribution < 1.29 is 9.84 Å². The Morgan fingerprint density at radius 2 is 2.33 bits per heavy atom. The van der Waals surface area contributed by atoms with Gasteiger partial charge in [-0.3, -0.25) is 0 Å². The van der Waals surface area contributed by atoms with Crippen molar-refractivity contribution in [3.05, 3.63) is 0 Å². The van der Waals surface area contributed by atoms with E-state index in [1.165, 1.54) is 12.8 Å². The Balaban J connectivity index is 1.72. The van der Waals surface area contributed by atoms with Crippen LogP contribution in [0.15, 0.2) is 0 Å². The van der Waals surface area contributed by atoms with Gasteiger partial charge in [-0.15, -0.1) is 0 Å². The zero-order chi connectivity index (χ0) is 10.7. The molecule has 0 spiro atoms. The summed E-state index contributed by atoms with van der Waals surface area (Å²) >= 11 is 0. The van der Waals surface area contributed by atoms with Crippen molar-refractivity contribution in [2.75, 3.05) is 19.8 Å². The molecule has 1 aliphatic carbocycles. The first-order chi connectivity index (χ1) is 7.18. The van der Waals surface area contributed by atoms with Crippen LogP contribution in [-0.4, -0.2) is 42.5 Å². The monoisotopic (exact) mass is 214 g/mol. The van der Waals surface area contributed by atoms with Crippen LogP contribution >= 0.6 is 0 Å². The van der Waals surface area contributed by atoms with Gasteiger partial charge >= 0.3 is 0 Å². The van der Waals surface area contributed by atoms with Crippen molar-refractivity contribution in [2.24, 2.45) is 5.73 Å². The lowest BCUT2D eigenvalue weighted by molar-refractivity contribution is 0.0235. The summed E-state index contributed by atoms with van der Waals surface area (Å²) in [5, 5.41) is 13.5. The molecule has 3 atom stereocenters. The van der Waals surface area contributed by atoms with Crippen molar-refractivity contribution in [1.29, 1.82) is 0 Å². The highest BCUT2D eigenvalue weighted by Gasteiger charge is 2.33. The van der Waals surface area contributed by atoms with E-state index in [0.717, 1.165) is 19.3 Å². The zero-order valence-corrected chi connectivity index (χ0v) is 9.24. The van der Waals surface area contributed by atoms with Crippen molar-refractivity contribution in [3.8, 4) is 0 Å². The molecule has 3 unspecified atom stereocenters. The Hall–Kier alpha value is -0.160. The first kappa shape index (κ1) is 11.3. The van der Waals surface area contributed by atoms with Crippen LogP contribution in [-0.2, 0) is 4.74 Å². The SMILES string of the molecule is NC1CCCC(NCC2(O)CCOC2)C1. The van der Waals surface area contributed by atoms with Gasteiger partial charge in [0.05, 0.1) is 6.61 Å². The maximum atomic E-state index is 10.1. The number of hydrogen-bond donors (Lipinski definition) is 3. The fraction of sp³-hybridized carbons (Fsp3) is 1.00. The standard InChI is InChI=1S/C11H22N2O2/c12-9-2-1-3-10(6-9)13-7-11(14)4-5-15-8-11/h9-10,13-14H,1-8,12H2. The molecule has 0 aromatic carbocycles. The summed E-state index contributed by atoms with van der Waals surface area (Å²) in [7, 11) is 0. The Kier molecular flexibility index (Phi) is 3.61. The Morgan fingerprint density at radius 1 is 1.47 bits per heavy atom. The lowest BCUT2D eigenvalue weighted by atomic mass is 9.91. The molecule has 2 fully saturated rings. The Bertz CT molecular complexity index is 205. The van der Waals surface area contributed by atoms with Crippen LogP contribution in [0.2, 0.25) is 0 Å². The third kappa shape index (κ3) is 3.14. The zero-order valence-electron chi connectivity index (χ0n) is 9.24. The number of nitrogens with one attached hydrogen (secondary N) is 1. The summed E-state index contributed by atoms with van der Waals surface area (Å²) in [6.45, 7) is 1.80. The topological polar surface area (TPSA) is 67.5 Å². The molecule has 1 heterocycles. The van der Waals surface area contributed by atoms with Gasteiger partial charge in [0.2, 0.25) is 0 Å². The summed E-state index contributed by atoms with van der Waals surface area (Å²) in [4.78, 5) is 0. The van der Waals surface area contributed by atoms with Gasteiger partial charge in [0.1, 0.15) is 5.60 Å². The highest BCUT2D eigenvalue weighted by Crippen LogP contribution is 2.20. The lowest BCUT2D eigenvalue weighted by Crippen LogP contribution is -2.47. The summed E-state index contributed by atoms with van der Waals surface area (Å²) in [6, 6.07) is 0.823. The third-order valence-corrected chi connectivity index (χ3v) is 3.52. The first-order valence-corrected chi connectivity index (χ1v) is 5.97. The van der Waals surface area contributed by atoms with E-state index in [4.69, 9.17) is 10.5 Å². The average molecular weight is 214 g/mol.